The molecule has 1 atom stereocenters. The van der Waals surface area contributed by atoms with Crippen molar-refractivity contribution in [2.45, 2.75) is 32.2 Å². The van der Waals surface area contributed by atoms with Crippen LogP contribution in [0.3, 0.4) is 0 Å². The predicted octanol–water partition coefficient (Wildman–Crippen LogP) is 3.67. The van der Waals surface area contributed by atoms with Crippen LogP contribution in [0.15, 0.2) is 53.2 Å². The second-order valence-corrected chi connectivity index (χ2v) is 6.39. The average Bonchev–Trinajstić information content (AvgIpc) is 3.37. The van der Waals surface area contributed by atoms with Gasteiger partial charge in [-0.15, -0.1) is 10.2 Å². The zero-order chi connectivity index (χ0) is 17.9. The monoisotopic (exact) mass is 348 g/mol. The molecule has 6 nitrogen and oxygen atoms in total. The van der Waals surface area contributed by atoms with Gasteiger partial charge in [0.1, 0.15) is 6.04 Å². The van der Waals surface area contributed by atoms with E-state index in [1.165, 1.54) is 5.56 Å². The lowest BCUT2D eigenvalue weighted by Gasteiger charge is -2.22. The predicted molar refractivity (Wildman–Crippen MR) is 96.4 cm³/mol. The molecular weight excluding hydrogens is 328 g/mol. The summed E-state index contributed by atoms with van der Waals surface area (Å²) < 4.78 is 5.86. The van der Waals surface area contributed by atoms with E-state index < -0.39 is 0 Å². The first-order valence-electron chi connectivity index (χ1n) is 8.90. The maximum absolute atomic E-state index is 12.9. The summed E-state index contributed by atoms with van der Waals surface area (Å²) in [6.07, 6.45) is 6.09. The molecule has 1 aliphatic heterocycles. The molecule has 1 unspecified atom stereocenters. The van der Waals surface area contributed by atoms with Crippen LogP contribution in [0.5, 0.6) is 0 Å². The lowest BCUT2D eigenvalue weighted by atomic mass is 10.1. The van der Waals surface area contributed by atoms with Gasteiger partial charge in [0.05, 0.1) is 0 Å². The number of aromatic nitrogens is 3. The van der Waals surface area contributed by atoms with Crippen LogP contribution in [0.1, 0.15) is 47.6 Å². The minimum atomic E-state index is -0.170. The van der Waals surface area contributed by atoms with E-state index in [1.54, 1.807) is 12.4 Å². The van der Waals surface area contributed by atoms with E-state index in [1.807, 2.05) is 41.3 Å². The molecule has 1 saturated heterocycles. The minimum Gasteiger partial charge on any atom is -0.418 e. The zero-order valence-corrected chi connectivity index (χ0v) is 14.6. The Bertz CT molecular complexity index is 890. The van der Waals surface area contributed by atoms with Gasteiger partial charge in [0.2, 0.25) is 11.8 Å². The van der Waals surface area contributed by atoms with Crippen LogP contribution in [0.4, 0.5) is 0 Å². The first-order chi connectivity index (χ1) is 12.8. The molecule has 1 fully saturated rings. The van der Waals surface area contributed by atoms with Gasteiger partial charge in [0.15, 0.2) is 0 Å². The molecule has 2 aromatic heterocycles. The number of benzene rings is 1. The Balaban J connectivity index is 1.56. The molecule has 1 amide bonds. The van der Waals surface area contributed by atoms with Crippen LogP contribution < -0.4 is 0 Å². The Hall–Kier alpha value is -3.02. The van der Waals surface area contributed by atoms with E-state index in [4.69, 9.17) is 4.42 Å². The highest BCUT2D eigenvalue weighted by molar-refractivity contribution is 5.94. The number of hydrogen-bond donors (Lipinski definition) is 0. The second-order valence-electron chi connectivity index (χ2n) is 6.39. The molecule has 0 aliphatic carbocycles. The van der Waals surface area contributed by atoms with Crippen LogP contribution in [0, 0.1) is 0 Å². The number of aryl methyl sites for hydroxylation is 1. The van der Waals surface area contributed by atoms with Gasteiger partial charge in [-0.05, 0) is 49.1 Å². The number of hydrogen-bond acceptors (Lipinski definition) is 5. The van der Waals surface area contributed by atoms with Crippen molar-refractivity contribution < 1.29 is 9.21 Å². The fourth-order valence-electron chi connectivity index (χ4n) is 3.30. The standard InChI is InChI=1S/C20H20N4O2/c1-2-14-5-7-16(8-6-14)20(25)24-13-3-4-17(24)19-23-22-18(26-19)15-9-11-21-12-10-15/h5-12,17H,2-4,13H2,1H3. The third kappa shape index (κ3) is 3.10. The maximum Gasteiger partial charge on any atom is 0.254 e. The van der Waals surface area contributed by atoms with Crippen molar-refractivity contribution in [2.24, 2.45) is 0 Å². The van der Waals surface area contributed by atoms with Gasteiger partial charge in [-0.1, -0.05) is 19.1 Å². The van der Waals surface area contributed by atoms with Crippen LogP contribution in [0.2, 0.25) is 0 Å². The summed E-state index contributed by atoms with van der Waals surface area (Å²) in [4.78, 5) is 18.8. The van der Waals surface area contributed by atoms with Gasteiger partial charge >= 0.3 is 0 Å². The van der Waals surface area contributed by atoms with Crippen molar-refractivity contribution in [3.63, 3.8) is 0 Å². The number of amides is 1. The van der Waals surface area contributed by atoms with Crippen LogP contribution in [-0.2, 0) is 6.42 Å². The molecule has 26 heavy (non-hydrogen) atoms. The largest absolute Gasteiger partial charge is 0.418 e. The molecule has 132 valence electrons. The lowest BCUT2D eigenvalue weighted by molar-refractivity contribution is 0.0716. The Morgan fingerprint density at radius 1 is 1.15 bits per heavy atom. The third-order valence-corrected chi connectivity index (χ3v) is 4.78. The number of pyridine rings is 1. The number of likely N-dealkylation sites (tertiary alicyclic amines) is 1. The van der Waals surface area contributed by atoms with E-state index in [0.717, 1.165) is 24.8 Å². The first kappa shape index (κ1) is 16.4. The van der Waals surface area contributed by atoms with Gasteiger partial charge < -0.3 is 9.32 Å². The second kappa shape index (κ2) is 7.07. The van der Waals surface area contributed by atoms with Crippen molar-refractivity contribution in [3.05, 3.63) is 65.8 Å². The SMILES string of the molecule is CCc1ccc(C(=O)N2CCCC2c2nnc(-c3ccncc3)o2)cc1. The van der Waals surface area contributed by atoms with Gasteiger partial charge in [-0.2, -0.15) is 0 Å². The maximum atomic E-state index is 12.9. The molecule has 6 heteroatoms. The fourth-order valence-corrected chi connectivity index (χ4v) is 3.30. The quantitative estimate of drug-likeness (QED) is 0.719. The number of nitrogens with zero attached hydrogens (tertiary/aromatic N) is 4. The van der Waals surface area contributed by atoms with Gasteiger partial charge in [0.25, 0.3) is 5.91 Å². The molecular formula is C20H20N4O2. The number of carbonyl (C=O) groups is 1. The van der Waals surface area contributed by atoms with E-state index >= 15 is 0 Å². The summed E-state index contributed by atoms with van der Waals surface area (Å²) >= 11 is 0. The molecule has 1 aliphatic rings. The topological polar surface area (TPSA) is 72.1 Å². The summed E-state index contributed by atoms with van der Waals surface area (Å²) in [5.41, 5.74) is 2.74. The third-order valence-electron chi connectivity index (χ3n) is 4.78. The van der Waals surface area contributed by atoms with Crippen molar-refractivity contribution >= 4 is 5.91 Å². The van der Waals surface area contributed by atoms with Crippen molar-refractivity contribution in [2.75, 3.05) is 6.54 Å². The number of carbonyl (C=O) groups excluding carboxylic acids is 1. The zero-order valence-electron chi connectivity index (χ0n) is 14.6. The summed E-state index contributed by atoms with van der Waals surface area (Å²) in [7, 11) is 0. The Morgan fingerprint density at radius 2 is 1.92 bits per heavy atom. The Labute approximate surface area is 151 Å². The Morgan fingerprint density at radius 3 is 2.65 bits per heavy atom. The highest BCUT2D eigenvalue weighted by Gasteiger charge is 2.34. The van der Waals surface area contributed by atoms with Crippen LogP contribution in [0.25, 0.3) is 11.5 Å². The van der Waals surface area contributed by atoms with Gasteiger partial charge in [0, 0.05) is 30.1 Å². The molecule has 0 N–H and O–H groups in total. The van der Waals surface area contributed by atoms with Crippen molar-refractivity contribution in [3.8, 4) is 11.5 Å². The minimum absolute atomic E-state index is 0.0128. The molecule has 0 saturated carbocycles. The van der Waals surface area contributed by atoms with E-state index in [-0.39, 0.29) is 11.9 Å². The van der Waals surface area contributed by atoms with Crippen LogP contribution in [-0.4, -0.2) is 32.5 Å². The highest BCUT2D eigenvalue weighted by Crippen LogP contribution is 2.33. The van der Waals surface area contributed by atoms with Crippen molar-refractivity contribution in [1.29, 1.82) is 0 Å². The molecule has 0 spiro atoms. The molecule has 0 bridgehead atoms. The molecule has 0 radical (unpaired) electrons. The fraction of sp³-hybridized carbons (Fsp3) is 0.300. The molecule has 3 heterocycles. The number of rotatable bonds is 4. The average molecular weight is 348 g/mol. The highest BCUT2D eigenvalue weighted by atomic mass is 16.4. The molecule has 4 rings (SSSR count). The van der Waals surface area contributed by atoms with Gasteiger partial charge in [-0.3, -0.25) is 9.78 Å². The van der Waals surface area contributed by atoms with E-state index in [9.17, 15) is 4.79 Å². The van der Waals surface area contributed by atoms with E-state index in [0.29, 0.717) is 23.9 Å². The lowest BCUT2D eigenvalue weighted by Crippen LogP contribution is -2.30. The normalized spacial score (nSPS) is 16.8. The Kier molecular flexibility index (Phi) is 4.48. The first-order valence-corrected chi connectivity index (χ1v) is 8.90. The summed E-state index contributed by atoms with van der Waals surface area (Å²) in [6.45, 7) is 2.80. The summed E-state index contributed by atoms with van der Waals surface area (Å²) in [5, 5.41) is 8.34. The summed E-state index contributed by atoms with van der Waals surface area (Å²) in [6, 6.07) is 11.3. The van der Waals surface area contributed by atoms with Gasteiger partial charge in [-0.25, -0.2) is 0 Å². The summed E-state index contributed by atoms with van der Waals surface area (Å²) in [5.74, 6) is 0.959. The van der Waals surface area contributed by atoms with Crippen molar-refractivity contribution in [1.82, 2.24) is 20.1 Å². The molecule has 3 aromatic rings. The van der Waals surface area contributed by atoms with Crippen LogP contribution >= 0.6 is 0 Å². The smallest absolute Gasteiger partial charge is 0.254 e. The van der Waals surface area contributed by atoms with E-state index in [2.05, 4.69) is 22.1 Å². The molecule has 1 aromatic carbocycles.